The number of hydrogen-bond acceptors (Lipinski definition) is 5. The van der Waals surface area contributed by atoms with Crippen LogP contribution >= 0.6 is 11.3 Å². The number of carbonyl (C=O) groups is 2. The normalized spacial score (nSPS) is 21.9. The third-order valence-corrected chi connectivity index (χ3v) is 4.23. The Balaban J connectivity index is 1.91. The zero-order valence-electron chi connectivity index (χ0n) is 11.1. The van der Waals surface area contributed by atoms with Gasteiger partial charge in [0.2, 0.25) is 0 Å². The Morgan fingerprint density at radius 3 is 3.00 bits per heavy atom. The molecule has 0 bridgehead atoms. The van der Waals surface area contributed by atoms with E-state index in [1.165, 1.54) is 24.3 Å². The van der Waals surface area contributed by atoms with Crippen LogP contribution in [0, 0.1) is 0 Å². The number of halogens is 1. The first kappa shape index (κ1) is 13.7. The van der Waals surface area contributed by atoms with Crippen molar-refractivity contribution in [2.75, 3.05) is 11.6 Å². The van der Waals surface area contributed by atoms with E-state index in [1.807, 2.05) is 17.5 Å². The van der Waals surface area contributed by atoms with E-state index in [-0.39, 0.29) is 12.2 Å². The van der Waals surface area contributed by atoms with Gasteiger partial charge in [0.1, 0.15) is 5.54 Å². The van der Waals surface area contributed by atoms with Crippen LogP contribution < -0.4 is 10.2 Å². The maximum absolute atomic E-state index is 12.6. The summed E-state index contributed by atoms with van der Waals surface area (Å²) in [5.74, 6) is 0.0411. The molecule has 0 saturated carbocycles. The van der Waals surface area contributed by atoms with Crippen molar-refractivity contribution in [2.45, 2.75) is 18.9 Å². The molecule has 0 aromatic carbocycles. The molecule has 1 N–H and O–H groups in total. The molecule has 6 nitrogen and oxygen atoms in total. The summed E-state index contributed by atoms with van der Waals surface area (Å²) in [4.78, 5) is 26.0. The molecule has 0 spiro atoms. The highest BCUT2D eigenvalue weighted by molar-refractivity contribution is 7.13. The molecular weight excluding hydrogens is 297 g/mol. The second kappa shape index (κ2) is 4.96. The summed E-state index contributed by atoms with van der Waals surface area (Å²) in [6.07, 6.45) is -0.0797. The lowest BCUT2D eigenvalue weighted by molar-refractivity contribution is -0.121. The fourth-order valence-electron chi connectivity index (χ4n) is 2.16. The Bertz CT molecular complexity index is 685. The van der Waals surface area contributed by atoms with Gasteiger partial charge in [0, 0.05) is 12.5 Å². The predicted molar refractivity (Wildman–Crippen MR) is 74.8 cm³/mol. The highest BCUT2D eigenvalue weighted by Gasteiger charge is 2.49. The van der Waals surface area contributed by atoms with E-state index in [1.54, 1.807) is 0 Å². The van der Waals surface area contributed by atoms with E-state index in [2.05, 4.69) is 10.5 Å². The number of thiophene rings is 1. The van der Waals surface area contributed by atoms with Crippen molar-refractivity contribution in [1.29, 1.82) is 0 Å². The van der Waals surface area contributed by atoms with Gasteiger partial charge in [-0.15, -0.1) is 11.3 Å². The van der Waals surface area contributed by atoms with Crippen molar-refractivity contribution in [1.82, 2.24) is 10.5 Å². The Morgan fingerprint density at radius 1 is 1.52 bits per heavy atom. The number of nitrogens with zero attached hydrogens (tertiary/aromatic N) is 2. The molecule has 1 aliphatic heterocycles. The molecule has 1 fully saturated rings. The first-order valence-corrected chi connectivity index (χ1v) is 7.16. The van der Waals surface area contributed by atoms with Crippen molar-refractivity contribution in [3.63, 3.8) is 0 Å². The molecule has 3 amide bonds. The van der Waals surface area contributed by atoms with E-state index >= 15 is 0 Å². The van der Waals surface area contributed by atoms with Crippen LogP contribution in [0.3, 0.4) is 0 Å². The number of nitrogens with one attached hydrogen (secondary N) is 1. The van der Waals surface area contributed by atoms with Gasteiger partial charge in [-0.3, -0.25) is 9.18 Å². The predicted octanol–water partition coefficient (Wildman–Crippen LogP) is 2.58. The van der Waals surface area contributed by atoms with Crippen LogP contribution in [-0.2, 0) is 4.79 Å². The van der Waals surface area contributed by atoms with Gasteiger partial charge in [-0.1, -0.05) is 11.2 Å². The zero-order chi connectivity index (χ0) is 15.0. The van der Waals surface area contributed by atoms with Gasteiger partial charge in [0.05, 0.1) is 11.6 Å². The third-order valence-electron chi connectivity index (χ3n) is 3.35. The number of imide groups is 1. The lowest BCUT2D eigenvalue weighted by Gasteiger charge is -2.18. The van der Waals surface area contributed by atoms with Gasteiger partial charge in [0.25, 0.3) is 5.91 Å². The minimum atomic E-state index is -1.24. The summed E-state index contributed by atoms with van der Waals surface area (Å²) in [6, 6.07) is 4.59. The van der Waals surface area contributed by atoms with Crippen LogP contribution in [0.15, 0.2) is 28.1 Å². The van der Waals surface area contributed by atoms with Gasteiger partial charge < -0.3 is 9.84 Å². The van der Waals surface area contributed by atoms with Gasteiger partial charge in [0.15, 0.2) is 11.6 Å². The number of urea groups is 1. The smallest absolute Gasteiger partial charge is 0.331 e. The minimum absolute atomic E-state index is 0.0797. The van der Waals surface area contributed by atoms with Crippen molar-refractivity contribution < 1.29 is 18.5 Å². The summed E-state index contributed by atoms with van der Waals surface area (Å²) in [6.45, 7) is 0.794. The Hall–Kier alpha value is -2.22. The summed E-state index contributed by atoms with van der Waals surface area (Å²) in [5, 5.41) is 8.13. The molecule has 21 heavy (non-hydrogen) atoms. The second-order valence-corrected chi connectivity index (χ2v) is 5.82. The molecule has 1 unspecified atom stereocenters. The molecule has 0 radical (unpaired) electrons. The maximum Gasteiger partial charge on any atom is 0.331 e. The fraction of sp³-hybridized carbons (Fsp3) is 0.308. The molecular formula is C13H12FN3O3S. The fourth-order valence-corrected chi connectivity index (χ4v) is 2.83. The number of anilines is 1. The van der Waals surface area contributed by atoms with Crippen LogP contribution in [0.1, 0.15) is 13.3 Å². The van der Waals surface area contributed by atoms with E-state index in [4.69, 9.17) is 4.52 Å². The number of aromatic nitrogens is 1. The molecule has 2 aromatic rings. The van der Waals surface area contributed by atoms with Crippen molar-refractivity contribution in [3.05, 3.63) is 23.6 Å². The average molecular weight is 309 g/mol. The zero-order valence-corrected chi connectivity index (χ0v) is 11.9. The summed E-state index contributed by atoms with van der Waals surface area (Å²) in [7, 11) is 0. The second-order valence-electron chi connectivity index (χ2n) is 4.87. The highest BCUT2D eigenvalue weighted by Crippen LogP contribution is 2.31. The standard InChI is InChI=1S/C13H12FN3O3S/c1-13(4-5-14)11(18)17(12(19)15-13)10-7-8(20-16-10)9-3-2-6-21-9/h2-3,6-7H,4-5H2,1H3,(H,15,19). The molecule has 3 heterocycles. The van der Waals surface area contributed by atoms with Crippen LogP contribution in [0.2, 0.25) is 0 Å². The van der Waals surface area contributed by atoms with E-state index in [0.717, 1.165) is 9.78 Å². The monoisotopic (exact) mass is 309 g/mol. The number of carbonyl (C=O) groups excluding carboxylic acids is 2. The molecule has 0 aliphatic carbocycles. The molecule has 110 valence electrons. The SMILES string of the molecule is CC1(CCF)NC(=O)N(c2cc(-c3cccs3)on2)C1=O. The molecule has 1 aliphatic rings. The number of amides is 3. The molecule has 1 atom stereocenters. The van der Waals surface area contributed by atoms with Gasteiger partial charge in [-0.2, -0.15) is 0 Å². The van der Waals surface area contributed by atoms with Crippen LogP contribution in [0.4, 0.5) is 15.0 Å². The Kier molecular flexibility index (Phi) is 3.25. The first-order chi connectivity index (χ1) is 10.0. The van der Waals surface area contributed by atoms with Gasteiger partial charge in [-0.05, 0) is 18.4 Å². The van der Waals surface area contributed by atoms with Crippen molar-refractivity contribution >= 4 is 29.1 Å². The Labute approximate surface area is 123 Å². The molecule has 2 aromatic heterocycles. The lowest BCUT2D eigenvalue weighted by Crippen LogP contribution is -2.44. The lowest BCUT2D eigenvalue weighted by atomic mass is 9.99. The van der Waals surface area contributed by atoms with E-state index in [9.17, 15) is 14.0 Å². The summed E-state index contributed by atoms with van der Waals surface area (Å²) >= 11 is 1.45. The van der Waals surface area contributed by atoms with Crippen LogP contribution in [0.25, 0.3) is 10.6 Å². The molecule has 1 saturated heterocycles. The third kappa shape index (κ3) is 2.21. The quantitative estimate of drug-likeness (QED) is 0.881. The number of hydrogen-bond donors (Lipinski definition) is 1. The molecule has 3 rings (SSSR count). The average Bonchev–Trinajstić information content (AvgIpc) is 3.12. The maximum atomic E-state index is 12.6. The topological polar surface area (TPSA) is 75.4 Å². The summed E-state index contributed by atoms with van der Waals surface area (Å²) < 4.78 is 17.7. The first-order valence-electron chi connectivity index (χ1n) is 6.28. The van der Waals surface area contributed by atoms with Gasteiger partial charge >= 0.3 is 6.03 Å². The number of rotatable bonds is 4. The number of alkyl halides is 1. The molecule has 8 heteroatoms. The Morgan fingerprint density at radius 2 is 2.33 bits per heavy atom. The van der Waals surface area contributed by atoms with Gasteiger partial charge in [-0.25, -0.2) is 9.69 Å². The largest absolute Gasteiger partial charge is 0.353 e. The van der Waals surface area contributed by atoms with Crippen molar-refractivity contribution in [3.8, 4) is 10.6 Å². The van der Waals surface area contributed by atoms with E-state index < -0.39 is 24.2 Å². The minimum Gasteiger partial charge on any atom is -0.353 e. The summed E-state index contributed by atoms with van der Waals surface area (Å²) in [5.41, 5.74) is -1.24. The van der Waals surface area contributed by atoms with E-state index in [0.29, 0.717) is 5.76 Å². The highest BCUT2D eigenvalue weighted by atomic mass is 32.1. The van der Waals surface area contributed by atoms with Crippen molar-refractivity contribution in [2.24, 2.45) is 0 Å². The van der Waals surface area contributed by atoms with Crippen LogP contribution in [0.5, 0.6) is 0 Å². The van der Waals surface area contributed by atoms with Crippen LogP contribution in [-0.4, -0.2) is 29.3 Å².